The van der Waals surface area contributed by atoms with Crippen molar-refractivity contribution in [2.24, 2.45) is 0 Å². The summed E-state index contributed by atoms with van der Waals surface area (Å²) in [6.45, 7) is 6.57. The van der Waals surface area contributed by atoms with Crippen molar-refractivity contribution in [2.75, 3.05) is 28.8 Å². The zero-order valence-corrected chi connectivity index (χ0v) is 25.6. The number of amides is 1. The molecule has 6 rings (SSSR count). The van der Waals surface area contributed by atoms with Gasteiger partial charge in [-0.05, 0) is 105 Å². The first-order chi connectivity index (χ1) is 20.7. The van der Waals surface area contributed by atoms with Crippen LogP contribution in [0.4, 0.5) is 17.1 Å². The van der Waals surface area contributed by atoms with Gasteiger partial charge in [0, 0.05) is 35.9 Å². The van der Waals surface area contributed by atoms with Crippen molar-refractivity contribution in [3.05, 3.63) is 120 Å². The Hall–Kier alpha value is -4.69. The Morgan fingerprint density at radius 2 is 1.77 bits per heavy atom. The van der Waals surface area contributed by atoms with Crippen LogP contribution in [-0.4, -0.2) is 35.2 Å². The van der Waals surface area contributed by atoms with Gasteiger partial charge in [0.05, 0.1) is 23.3 Å². The Bertz CT molecular complexity index is 1670. The van der Waals surface area contributed by atoms with Gasteiger partial charge in [0.1, 0.15) is 5.75 Å². The fourth-order valence-corrected chi connectivity index (χ4v) is 6.25. The number of aromatic nitrogens is 1. The topological polar surface area (TPSA) is 69.7 Å². The summed E-state index contributed by atoms with van der Waals surface area (Å²) in [6.07, 6.45) is 4.14. The summed E-state index contributed by atoms with van der Waals surface area (Å²) >= 11 is 5.93. The van der Waals surface area contributed by atoms with Crippen molar-refractivity contribution >= 4 is 45.9 Å². The summed E-state index contributed by atoms with van der Waals surface area (Å²) in [4.78, 5) is 21.7. The minimum atomic E-state index is -0.228. The van der Waals surface area contributed by atoms with Crippen LogP contribution in [0.3, 0.4) is 0 Å². The number of allylic oxidation sites excluding steroid dienone is 1. The maximum Gasteiger partial charge on any atom is 0.262 e. The van der Waals surface area contributed by atoms with E-state index in [4.69, 9.17) is 21.9 Å². The maximum absolute atomic E-state index is 12.5. The highest BCUT2D eigenvalue weighted by atomic mass is 32.1. The lowest BCUT2D eigenvalue weighted by atomic mass is 9.86. The van der Waals surface area contributed by atoms with E-state index < -0.39 is 0 Å². The van der Waals surface area contributed by atoms with Gasteiger partial charge >= 0.3 is 0 Å². The van der Waals surface area contributed by atoms with Crippen molar-refractivity contribution in [1.29, 1.82) is 0 Å². The van der Waals surface area contributed by atoms with Crippen molar-refractivity contribution in [1.82, 2.24) is 10.3 Å². The predicted molar refractivity (Wildman–Crippen MR) is 178 cm³/mol. The van der Waals surface area contributed by atoms with E-state index in [1.54, 1.807) is 0 Å². The van der Waals surface area contributed by atoms with E-state index in [1.807, 2.05) is 79.0 Å². The number of fused-ring (bicyclic) bond motifs is 1. The molecule has 2 aliphatic rings. The minimum Gasteiger partial charge on any atom is -0.484 e. The van der Waals surface area contributed by atoms with E-state index in [0.29, 0.717) is 16.5 Å². The molecule has 1 aromatic heterocycles. The molecular formula is C35H35N5O2S. The molecular weight excluding hydrogens is 554 g/mol. The second-order valence-electron chi connectivity index (χ2n) is 11.5. The number of para-hydroxylation sites is 1. The molecule has 0 bridgehead atoms. The molecule has 43 heavy (non-hydrogen) atoms. The molecule has 4 aromatic rings. The fourth-order valence-electron chi connectivity index (χ4n) is 5.90. The Labute approximate surface area is 258 Å². The van der Waals surface area contributed by atoms with Crippen LogP contribution >= 0.6 is 12.2 Å². The van der Waals surface area contributed by atoms with Crippen LogP contribution in [-0.2, 0) is 4.79 Å². The van der Waals surface area contributed by atoms with Gasteiger partial charge in [-0.25, -0.2) is 0 Å². The van der Waals surface area contributed by atoms with Gasteiger partial charge in [0.2, 0.25) is 0 Å². The summed E-state index contributed by atoms with van der Waals surface area (Å²) in [5.41, 5.74) is 7.27. The van der Waals surface area contributed by atoms with E-state index in [2.05, 4.69) is 72.5 Å². The van der Waals surface area contributed by atoms with Crippen LogP contribution in [0, 0.1) is 0 Å². The molecule has 2 aliphatic heterocycles. The van der Waals surface area contributed by atoms with Crippen LogP contribution < -0.4 is 25.2 Å². The monoisotopic (exact) mass is 589 g/mol. The molecule has 218 valence electrons. The zero-order valence-electron chi connectivity index (χ0n) is 24.7. The summed E-state index contributed by atoms with van der Waals surface area (Å²) in [6, 6.07) is 29.4. The number of likely N-dealkylation sites (N-methyl/N-ethyl adjacent to an activating group) is 1. The van der Waals surface area contributed by atoms with Gasteiger partial charge in [0.15, 0.2) is 11.7 Å². The predicted octanol–water partition coefficient (Wildman–Crippen LogP) is 6.91. The molecule has 2 atom stereocenters. The van der Waals surface area contributed by atoms with Crippen molar-refractivity contribution in [2.45, 2.75) is 38.4 Å². The van der Waals surface area contributed by atoms with Gasteiger partial charge in [-0.2, -0.15) is 0 Å². The first-order valence-electron chi connectivity index (χ1n) is 14.4. The molecule has 3 aromatic carbocycles. The molecule has 0 saturated carbocycles. The zero-order chi connectivity index (χ0) is 30.1. The molecule has 3 heterocycles. The van der Waals surface area contributed by atoms with Gasteiger partial charge < -0.3 is 25.2 Å². The van der Waals surface area contributed by atoms with E-state index in [-0.39, 0.29) is 30.1 Å². The third-order valence-corrected chi connectivity index (χ3v) is 8.54. The van der Waals surface area contributed by atoms with Crippen LogP contribution in [0.15, 0.2) is 103 Å². The number of benzene rings is 3. The molecule has 8 heteroatoms. The van der Waals surface area contributed by atoms with Crippen molar-refractivity contribution in [3.63, 3.8) is 0 Å². The normalized spacial score (nSPS) is 18.9. The molecule has 1 amide bonds. The molecule has 0 aliphatic carbocycles. The number of pyridine rings is 1. The first-order valence-corrected chi connectivity index (χ1v) is 14.8. The van der Waals surface area contributed by atoms with E-state index in [9.17, 15) is 4.79 Å². The number of carbonyl (C=O) groups excluding carboxylic acids is 1. The fraction of sp³-hybridized carbons (Fsp3) is 0.229. The Balaban J connectivity index is 1.29. The lowest BCUT2D eigenvalue weighted by Gasteiger charge is -2.41. The number of hydrogen-bond acceptors (Lipinski definition) is 5. The molecule has 2 unspecified atom stereocenters. The molecule has 7 nitrogen and oxygen atoms in total. The van der Waals surface area contributed by atoms with Crippen LogP contribution in [0.1, 0.15) is 49.7 Å². The van der Waals surface area contributed by atoms with Crippen LogP contribution in [0.2, 0.25) is 0 Å². The number of anilines is 3. The van der Waals surface area contributed by atoms with Gasteiger partial charge in [-0.15, -0.1) is 0 Å². The molecule has 1 saturated heterocycles. The van der Waals surface area contributed by atoms with Gasteiger partial charge in [0.25, 0.3) is 5.91 Å². The van der Waals surface area contributed by atoms with Crippen molar-refractivity contribution < 1.29 is 9.53 Å². The van der Waals surface area contributed by atoms with Gasteiger partial charge in [-0.3, -0.25) is 9.78 Å². The first kappa shape index (κ1) is 28.4. The number of carbonyl (C=O) groups is 1. The molecule has 0 radical (unpaired) electrons. The highest BCUT2D eigenvalue weighted by molar-refractivity contribution is 7.80. The molecule has 0 spiro atoms. The number of nitrogens with one attached hydrogen (secondary N) is 2. The number of nitrogens with zero attached hydrogens (tertiary/aromatic N) is 3. The molecule has 2 N–H and O–H groups in total. The summed E-state index contributed by atoms with van der Waals surface area (Å²) < 4.78 is 5.58. The highest BCUT2D eigenvalue weighted by Gasteiger charge is 2.41. The van der Waals surface area contributed by atoms with E-state index >= 15 is 0 Å². The second-order valence-corrected chi connectivity index (χ2v) is 11.9. The molecule has 1 fully saturated rings. The van der Waals surface area contributed by atoms with Gasteiger partial charge in [-0.1, -0.05) is 36.4 Å². The average molecular weight is 590 g/mol. The largest absolute Gasteiger partial charge is 0.484 e. The van der Waals surface area contributed by atoms with Crippen LogP contribution in [0.5, 0.6) is 5.75 Å². The minimum absolute atomic E-state index is 0.0670. The summed E-state index contributed by atoms with van der Waals surface area (Å²) in [5, 5.41) is 7.08. The second kappa shape index (κ2) is 11.5. The Morgan fingerprint density at radius 3 is 2.49 bits per heavy atom. The number of ether oxygens (including phenoxy) is 1. The summed E-state index contributed by atoms with van der Waals surface area (Å²) in [7, 11) is 2.14. The average Bonchev–Trinajstić information content (AvgIpc) is 3.36. The van der Waals surface area contributed by atoms with Crippen molar-refractivity contribution in [3.8, 4) is 5.75 Å². The lowest BCUT2D eigenvalue weighted by molar-refractivity contribution is -0.118. The highest BCUT2D eigenvalue weighted by Crippen LogP contribution is 2.45. The standard InChI is InChI=1S/C35H35N5O2S/c1-23-21-35(2,3)39(4)30-18-13-24(20-28(23)30)33-32(29-12-8-9-19-36-29)38-34(43)40(33)26-16-14-25(15-17-26)37-31(41)22-42-27-10-6-5-7-11-27/h5-21,32-33H,22H2,1-4H3,(H,37,41)(H,38,43). The summed E-state index contributed by atoms with van der Waals surface area (Å²) in [5.74, 6) is 0.424. The number of hydrogen-bond donors (Lipinski definition) is 2. The van der Waals surface area contributed by atoms with E-state index in [1.165, 1.54) is 16.8 Å². The number of thiocarbonyl (C=S) groups is 1. The van der Waals surface area contributed by atoms with Crippen LogP contribution in [0.25, 0.3) is 5.57 Å². The number of rotatable bonds is 7. The lowest BCUT2D eigenvalue weighted by Crippen LogP contribution is -2.42. The third-order valence-electron chi connectivity index (χ3n) is 8.22. The maximum atomic E-state index is 12.5. The van der Waals surface area contributed by atoms with E-state index in [0.717, 1.165) is 16.9 Å². The quantitative estimate of drug-likeness (QED) is 0.227. The SMILES string of the molecule is CC1=CC(C)(C)N(C)c2ccc(C3C(c4ccccn4)NC(=S)N3c3ccc(NC(=O)COc4ccccc4)cc3)cc21. The Morgan fingerprint density at radius 1 is 1.02 bits per heavy atom. The Kier molecular flexibility index (Phi) is 7.62. The third kappa shape index (κ3) is 5.70. The smallest absolute Gasteiger partial charge is 0.262 e.